The zero-order valence-corrected chi connectivity index (χ0v) is 17.8. The van der Waals surface area contributed by atoms with Gasteiger partial charge in [-0.15, -0.1) is 0 Å². The molecular weight excluding hydrogens is 378 g/mol. The van der Waals surface area contributed by atoms with Crippen LogP contribution in [0, 0.1) is 0 Å². The number of aromatic nitrogens is 3. The fourth-order valence-electron chi connectivity index (χ4n) is 4.94. The summed E-state index contributed by atoms with van der Waals surface area (Å²) in [4.78, 5) is 9.96. The summed E-state index contributed by atoms with van der Waals surface area (Å²) >= 11 is 0. The first-order chi connectivity index (χ1) is 15.3. The lowest BCUT2D eigenvalue weighted by atomic mass is 9.95. The molecule has 0 fully saturated rings. The minimum Gasteiger partial charge on any atom is -0.297 e. The molecule has 31 heavy (non-hydrogen) atoms. The molecule has 3 aromatic heterocycles. The molecule has 3 aromatic carbocycles. The molecule has 0 radical (unpaired) electrons. The van der Waals surface area contributed by atoms with Gasteiger partial charge in [-0.3, -0.25) is 9.38 Å². The number of pyridine rings is 2. The summed E-state index contributed by atoms with van der Waals surface area (Å²) in [6.07, 6.45) is 6.18. The van der Waals surface area contributed by atoms with Gasteiger partial charge in [0.05, 0.1) is 22.9 Å². The molecular formula is C28H23N3. The van der Waals surface area contributed by atoms with Crippen molar-refractivity contribution in [3.8, 4) is 11.3 Å². The Labute approximate surface area is 181 Å². The molecule has 3 heterocycles. The van der Waals surface area contributed by atoms with Gasteiger partial charge < -0.3 is 0 Å². The summed E-state index contributed by atoms with van der Waals surface area (Å²) < 4.78 is 2.23. The van der Waals surface area contributed by atoms with Crippen LogP contribution in [-0.4, -0.2) is 14.4 Å². The lowest BCUT2D eigenvalue weighted by Gasteiger charge is -2.10. The Morgan fingerprint density at radius 3 is 2.16 bits per heavy atom. The molecule has 6 rings (SSSR count). The van der Waals surface area contributed by atoms with Crippen molar-refractivity contribution in [2.45, 2.75) is 26.7 Å². The molecule has 6 aromatic rings. The van der Waals surface area contributed by atoms with E-state index in [1.807, 2.05) is 12.3 Å². The van der Waals surface area contributed by atoms with Crippen LogP contribution < -0.4 is 0 Å². The van der Waals surface area contributed by atoms with E-state index in [0.29, 0.717) is 0 Å². The summed E-state index contributed by atoms with van der Waals surface area (Å²) in [5.41, 5.74) is 8.12. The third kappa shape index (κ3) is 2.59. The number of aryl methyl sites for hydroxylation is 2. The molecule has 0 amide bonds. The summed E-state index contributed by atoms with van der Waals surface area (Å²) in [6, 6.07) is 23.6. The molecule has 3 heteroatoms. The van der Waals surface area contributed by atoms with Crippen molar-refractivity contribution >= 4 is 38.2 Å². The van der Waals surface area contributed by atoms with E-state index >= 15 is 0 Å². The van der Waals surface area contributed by atoms with Crippen LogP contribution in [0.5, 0.6) is 0 Å². The van der Waals surface area contributed by atoms with Gasteiger partial charge in [-0.25, -0.2) is 4.98 Å². The van der Waals surface area contributed by atoms with E-state index in [1.165, 1.54) is 38.2 Å². The Kier molecular flexibility index (Phi) is 4.03. The Hall–Kier alpha value is -3.72. The van der Waals surface area contributed by atoms with Crippen molar-refractivity contribution < 1.29 is 0 Å². The van der Waals surface area contributed by atoms with Gasteiger partial charge in [0.2, 0.25) is 0 Å². The average molecular weight is 402 g/mol. The molecule has 0 N–H and O–H groups in total. The van der Waals surface area contributed by atoms with Gasteiger partial charge >= 0.3 is 0 Å². The number of hydrogen-bond acceptors (Lipinski definition) is 2. The first-order valence-corrected chi connectivity index (χ1v) is 11.0. The molecule has 0 spiro atoms. The second-order valence-electron chi connectivity index (χ2n) is 8.06. The van der Waals surface area contributed by atoms with Crippen molar-refractivity contribution in [2.75, 3.05) is 0 Å². The Bertz CT molecular complexity index is 1590. The van der Waals surface area contributed by atoms with E-state index in [0.717, 1.165) is 35.2 Å². The second kappa shape index (κ2) is 6.92. The van der Waals surface area contributed by atoms with Gasteiger partial charge in [0, 0.05) is 27.9 Å². The predicted molar refractivity (Wildman–Crippen MR) is 130 cm³/mol. The minimum absolute atomic E-state index is 0.989. The molecule has 0 saturated carbocycles. The fourth-order valence-corrected chi connectivity index (χ4v) is 4.94. The number of hydrogen-bond donors (Lipinski definition) is 0. The van der Waals surface area contributed by atoms with Crippen LogP contribution in [0.4, 0.5) is 0 Å². The highest BCUT2D eigenvalue weighted by Crippen LogP contribution is 2.36. The Balaban J connectivity index is 1.81. The number of benzene rings is 3. The predicted octanol–water partition coefficient (Wildman–Crippen LogP) is 6.98. The van der Waals surface area contributed by atoms with Crippen molar-refractivity contribution in [2.24, 2.45) is 0 Å². The highest BCUT2D eigenvalue weighted by Gasteiger charge is 2.17. The normalized spacial score (nSPS) is 11.8. The van der Waals surface area contributed by atoms with Gasteiger partial charge in [-0.2, -0.15) is 0 Å². The number of nitrogens with zero attached hydrogens (tertiary/aromatic N) is 3. The molecule has 150 valence electrons. The molecule has 0 atom stereocenters. The van der Waals surface area contributed by atoms with Gasteiger partial charge in [0.25, 0.3) is 0 Å². The maximum Gasteiger partial charge on any atom is 0.145 e. The number of imidazole rings is 1. The number of para-hydroxylation sites is 1. The lowest BCUT2D eigenvalue weighted by molar-refractivity contribution is 1.09. The summed E-state index contributed by atoms with van der Waals surface area (Å²) in [5.74, 6) is 0. The van der Waals surface area contributed by atoms with Crippen LogP contribution in [0.1, 0.15) is 25.0 Å². The number of fused-ring (bicyclic) bond motifs is 8. The van der Waals surface area contributed by atoms with Crippen LogP contribution in [0.3, 0.4) is 0 Å². The highest BCUT2D eigenvalue weighted by atomic mass is 15.0. The van der Waals surface area contributed by atoms with Crippen LogP contribution in [-0.2, 0) is 12.8 Å². The SMILES string of the molecule is CCc1cccc(CC)c1-c1cn2c3cnc4ccccc4c3c3ccccc3c2n1. The average Bonchev–Trinajstić information content (AvgIpc) is 3.28. The first kappa shape index (κ1) is 18.1. The van der Waals surface area contributed by atoms with E-state index in [1.54, 1.807) is 0 Å². The van der Waals surface area contributed by atoms with E-state index in [2.05, 4.69) is 85.1 Å². The Morgan fingerprint density at radius 1 is 0.742 bits per heavy atom. The smallest absolute Gasteiger partial charge is 0.145 e. The molecule has 0 unspecified atom stereocenters. The summed E-state index contributed by atoms with van der Waals surface area (Å²) in [7, 11) is 0. The lowest BCUT2D eigenvalue weighted by Crippen LogP contribution is -1.94. The maximum atomic E-state index is 5.19. The van der Waals surface area contributed by atoms with Gasteiger partial charge in [-0.1, -0.05) is 74.5 Å². The number of rotatable bonds is 3. The first-order valence-electron chi connectivity index (χ1n) is 11.0. The highest BCUT2D eigenvalue weighted by molar-refractivity contribution is 6.21. The van der Waals surface area contributed by atoms with Crippen LogP contribution in [0.25, 0.3) is 49.5 Å². The van der Waals surface area contributed by atoms with Gasteiger partial charge in [0.1, 0.15) is 5.65 Å². The largest absolute Gasteiger partial charge is 0.297 e. The van der Waals surface area contributed by atoms with Crippen molar-refractivity contribution in [3.63, 3.8) is 0 Å². The third-order valence-electron chi connectivity index (χ3n) is 6.41. The second-order valence-corrected chi connectivity index (χ2v) is 8.06. The molecule has 0 aliphatic rings. The van der Waals surface area contributed by atoms with E-state index in [-0.39, 0.29) is 0 Å². The molecule has 0 saturated heterocycles. The third-order valence-corrected chi connectivity index (χ3v) is 6.41. The van der Waals surface area contributed by atoms with Crippen molar-refractivity contribution in [1.82, 2.24) is 14.4 Å². The van der Waals surface area contributed by atoms with Gasteiger partial charge in [-0.05, 0) is 35.4 Å². The van der Waals surface area contributed by atoms with Gasteiger partial charge in [0.15, 0.2) is 0 Å². The zero-order chi connectivity index (χ0) is 20.9. The summed E-state index contributed by atoms with van der Waals surface area (Å²) in [5, 5.41) is 4.80. The molecule has 0 aliphatic carbocycles. The standard InChI is InChI=1S/C28H23N3/c1-3-18-10-9-11-19(4-2)26(18)24-17-31-25-16-29-23-15-8-7-14-22(23)27(25)20-12-5-6-13-21(20)28(31)30-24/h5-17H,3-4H2,1-2H3. The topological polar surface area (TPSA) is 30.2 Å². The Morgan fingerprint density at radius 2 is 1.42 bits per heavy atom. The van der Waals surface area contributed by atoms with Crippen LogP contribution >= 0.6 is 0 Å². The molecule has 0 bridgehead atoms. The van der Waals surface area contributed by atoms with Crippen LogP contribution in [0.2, 0.25) is 0 Å². The summed E-state index contributed by atoms with van der Waals surface area (Å²) in [6.45, 7) is 4.43. The van der Waals surface area contributed by atoms with E-state index in [9.17, 15) is 0 Å². The molecule has 0 aliphatic heterocycles. The van der Waals surface area contributed by atoms with Crippen molar-refractivity contribution in [1.29, 1.82) is 0 Å². The monoisotopic (exact) mass is 401 g/mol. The zero-order valence-electron chi connectivity index (χ0n) is 17.8. The molecule has 3 nitrogen and oxygen atoms in total. The van der Waals surface area contributed by atoms with Crippen LogP contribution in [0.15, 0.2) is 79.1 Å². The minimum atomic E-state index is 0.989. The van der Waals surface area contributed by atoms with E-state index < -0.39 is 0 Å². The van der Waals surface area contributed by atoms with E-state index in [4.69, 9.17) is 9.97 Å². The fraction of sp³-hybridized carbons (Fsp3) is 0.143. The maximum absolute atomic E-state index is 5.19. The van der Waals surface area contributed by atoms with Crippen molar-refractivity contribution in [3.05, 3.63) is 90.3 Å². The quantitative estimate of drug-likeness (QED) is 0.299.